The van der Waals surface area contributed by atoms with Crippen LogP contribution in [0, 0.1) is 0 Å². The predicted octanol–water partition coefficient (Wildman–Crippen LogP) is 2.49. The van der Waals surface area contributed by atoms with Gasteiger partial charge in [0.25, 0.3) is 0 Å². The van der Waals surface area contributed by atoms with E-state index in [0.29, 0.717) is 38.4 Å². The van der Waals surface area contributed by atoms with Gasteiger partial charge in [-0.15, -0.1) is 0 Å². The maximum Gasteiger partial charge on any atom is 0.431 e. The number of nitrogens with zero attached hydrogens (tertiary/aromatic N) is 3. The predicted molar refractivity (Wildman–Crippen MR) is 126 cm³/mol. The number of benzene rings is 1. The van der Waals surface area contributed by atoms with Crippen LogP contribution in [0.1, 0.15) is 25.3 Å². The zero-order valence-corrected chi connectivity index (χ0v) is 19.2. The van der Waals surface area contributed by atoms with E-state index in [4.69, 9.17) is 16.2 Å². The van der Waals surface area contributed by atoms with Crippen LogP contribution < -0.4 is 16.8 Å². The Labute approximate surface area is 196 Å². The van der Waals surface area contributed by atoms with Gasteiger partial charge in [0.1, 0.15) is 11.5 Å². The second-order valence-corrected chi connectivity index (χ2v) is 8.11. The zero-order chi connectivity index (χ0) is 24.9. The molecule has 5 N–H and O–H groups in total. The first-order chi connectivity index (χ1) is 16.1. The largest absolute Gasteiger partial charge is 0.431 e. The minimum atomic E-state index is -4.68. The van der Waals surface area contributed by atoms with Gasteiger partial charge >= 0.3 is 6.18 Å². The van der Waals surface area contributed by atoms with Gasteiger partial charge in [-0.3, -0.25) is 9.79 Å². The minimum Gasteiger partial charge on any atom is -0.394 e. The first-order valence-electron chi connectivity index (χ1n) is 10.9. The molecule has 8 nitrogen and oxygen atoms in total. The monoisotopic (exact) mass is 478 g/mol. The Kier molecular flexibility index (Phi) is 7.98. The quantitative estimate of drug-likeness (QED) is 0.429. The fourth-order valence-electron chi connectivity index (χ4n) is 3.82. The first kappa shape index (κ1) is 25.3. The van der Waals surface area contributed by atoms with Crippen molar-refractivity contribution in [2.75, 3.05) is 33.4 Å². The molecule has 1 aromatic carbocycles. The third-order valence-electron chi connectivity index (χ3n) is 5.69. The van der Waals surface area contributed by atoms with Crippen molar-refractivity contribution in [2.24, 2.45) is 21.5 Å². The van der Waals surface area contributed by atoms with Crippen molar-refractivity contribution in [3.63, 3.8) is 0 Å². The number of nitrogens with one attached hydrogen (secondary N) is 1. The molecule has 11 heteroatoms. The van der Waals surface area contributed by atoms with Crippen molar-refractivity contribution < 1.29 is 22.7 Å². The lowest BCUT2D eigenvalue weighted by Crippen LogP contribution is -2.43. The van der Waals surface area contributed by atoms with Gasteiger partial charge in [-0.2, -0.15) is 13.2 Å². The van der Waals surface area contributed by atoms with Crippen LogP contribution in [0.5, 0.6) is 0 Å². The number of carbonyl (C=O) groups excluding carboxylic acids is 1. The number of amidine groups is 1. The van der Waals surface area contributed by atoms with Crippen molar-refractivity contribution in [3.05, 3.63) is 46.8 Å². The average Bonchev–Trinajstić information content (AvgIpc) is 3.30. The topological polar surface area (TPSA) is 118 Å². The highest BCUT2D eigenvalue weighted by Gasteiger charge is 2.34. The number of alkyl halides is 3. The van der Waals surface area contributed by atoms with Crippen molar-refractivity contribution in [1.82, 2.24) is 10.2 Å². The number of hydrogen-bond donors (Lipinski definition) is 3. The molecule has 2 aliphatic rings. The molecule has 1 amide bonds. The lowest BCUT2D eigenvalue weighted by molar-refractivity contribution is -0.128. The third kappa shape index (κ3) is 6.16. The fraction of sp³-hybridized carbons (Fsp3) is 0.435. The summed E-state index contributed by atoms with van der Waals surface area (Å²) in [6.07, 6.45) is -2.11. The van der Waals surface area contributed by atoms with Gasteiger partial charge in [-0.25, -0.2) is 4.99 Å². The summed E-state index contributed by atoms with van der Waals surface area (Å²) < 4.78 is 44.8. The highest BCUT2D eigenvalue weighted by atomic mass is 19.4. The Balaban J connectivity index is 1.90. The smallest absolute Gasteiger partial charge is 0.394 e. The summed E-state index contributed by atoms with van der Waals surface area (Å²) in [6.45, 7) is 3.69. The fourth-order valence-corrected chi connectivity index (χ4v) is 3.82. The molecule has 0 radical (unpaired) electrons. The van der Waals surface area contributed by atoms with Gasteiger partial charge in [0.15, 0.2) is 0 Å². The Bertz CT molecular complexity index is 1020. The summed E-state index contributed by atoms with van der Waals surface area (Å²) in [6, 6.07) is 6.24. The van der Waals surface area contributed by atoms with E-state index >= 15 is 0 Å². The van der Waals surface area contributed by atoms with E-state index in [1.165, 1.54) is 26.1 Å². The van der Waals surface area contributed by atoms with Crippen molar-refractivity contribution in [1.29, 1.82) is 0 Å². The second-order valence-electron chi connectivity index (χ2n) is 8.11. The summed E-state index contributed by atoms with van der Waals surface area (Å²) in [5.41, 5.74) is 12.6. The van der Waals surface area contributed by atoms with Crippen LogP contribution >= 0.6 is 0 Å². The van der Waals surface area contributed by atoms with Crippen LogP contribution in [0.15, 0.2) is 51.2 Å². The van der Waals surface area contributed by atoms with E-state index in [-0.39, 0.29) is 28.9 Å². The van der Waals surface area contributed by atoms with E-state index in [1.807, 2.05) is 0 Å². The van der Waals surface area contributed by atoms with Gasteiger partial charge < -0.3 is 26.4 Å². The number of halogens is 3. The van der Waals surface area contributed by atoms with Gasteiger partial charge in [0.2, 0.25) is 5.91 Å². The Hall–Kier alpha value is -3.34. The molecular formula is C23H29F3N6O2. The molecule has 1 unspecified atom stereocenters. The number of allylic oxidation sites excluding steroid dienone is 2. The van der Waals surface area contributed by atoms with E-state index in [1.54, 1.807) is 17.0 Å². The van der Waals surface area contributed by atoms with E-state index in [0.717, 1.165) is 23.9 Å². The number of carbonyl (C=O) groups is 1. The van der Waals surface area contributed by atoms with Crippen LogP contribution in [0.2, 0.25) is 0 Å². The highest BCUT2D eigenvalue weighted by molar-refractivity contribution is 6.11. The molecule has 0 aromatic heterocycles. The van der Waals surface area contributed by atoms with Crippen molar-refractivity contribution in [3.8, 4) is 0 Å². The summed E-state index contributed by atoms with van der Waals surface area (Å²) in [5.74, 6) is 0.179. The molecule has 1 atom stereocenters. The number of rotatable bonds is 6. The molecule has 0 aliphatic carbocycles. The lowest BCUT2D eigenvalue weighted by atomic mass is 10.0. The van der Waals surface area contributed by atoms with Crippen LogP contribution in [-0.4, -0.2) is 68.4 Å². The maximum absolute atomic E-state index is 13.1. The number of amides is 1. The molecule has 0 saturated carbocycles. The van der Waals surface area contributed by atoms with Gasteiger partial charge in [0.05, 0.1) is 24.9 Å². The summed E-state index contributed by atoms with van der Waals surface area (Å²) >= 11 is 0. The normalized spacial score (nSPS) is 20.7. The average molecular weight is 479 g/mol. The van der Waals surface area contributed by atoms with E-state index in [2.05, 4.69) is 15.3 Å². The first-order valence-corrected chi connectivity index (χ1v) is 10.9. The Morgan fingerprint density at radius 3 is 2.53 bits per heavy atom. The van der Waals surface area contributed by atoms with E-state index < -0.39 is 11.9 Å². The molecule has 34 heavy (non-hydrogen) atoms. The third-order valence-corrected chi connectivity index (χ3v) is 5.69. The summed E-state index contributed by atoms with van der Waals surface area (Å²) in [7, 11) is 1.37. The number of aliphatic imine (C=N–C) groups is 2. The lowest BCUT2D eigenvalue weighted by Gasteiger charge is -2.31. The highest BCUT2D eigenvalue weighted by Crippen LogP contribution is 2.29. The number of nitrogens with two attached hydrogens (primary N) is 2. The Morgan fingerprint density at radius 1 is 1.26 bits per heavy atom. The van der Waals surface area contributed by atoms with Gasteiger partial charge in [-0.05, 0) is 24.1 Å². The zero-order valence-electron chi connectivity index (χ0n) is 19.2. The molecule has 2 heterocycles. The van der Waals surface area contributed by atoms with E-state index in [9.17, 15) is 18.0 Å². The Morgan fingerprint density at radius 2 is 1.97 bits per heavy atom. The molecule has 0 spiro atoms. The minimum absolute atomic E-state index is 0.0583. The van der Waals surface area contributed by atoms with Crippen LogP contribution in [0.4, 0.5) is 18.9 Å². The molecule has 0 bridgehead atoms. The molecule has 2 aliphatic heterocycles. The molecule has 1 fully saturated rings. The van der Waals surface area contributed by atoms with Gasteiger partial charge in [-0.1, -0.05) is 12.1 Å². The van der Waals surface area contributed by atoms with Gasteiger partial charge in [0, 0.05) is 56.6 Å². The summed E-state index contributed by atoms with van der Waals surface area (Å²) in [5, 5.41) is 3.47. The molecule has 1 saturated heterocycles. The van der Waals surface area contributed by atoms with Crippen LogP contribution in [0.3, 0.4) is 0 Å². The van der Waals surface area contributed by atoms with Crippen LogP contribution in [0.25, 0.3) is 5.57 Å². The SMILES string of the molecule is CN=CC(=C(N)C(F)(F)F)c1ccc(N=C(N)C2=C(NC3CCOC3)CCN(C(C)=O)C2)cc1. The molecule has 1 aromatic rings. The standard InChI is InChI=1S/C23H29F3N6O2/c1-14(33)32-9-7-20(30-17-8-10-34-13-17)19(12-32)22(28)31-16-5-3-15(4-6-16)18(11-29-2)21(27)23(24,25)26/h3-6,11,17,30H,7-10,12-13,27H2,1-2H3,(H2,28,31). The van der Waals surface area contributed by atoms with Crippen molar-refractivity contribution in [2.45, 2.75) is 32.0 Å². The molecular weight excluding hydrogens is 449 g/mol. The maximum atomic E-state index is 13.1. The van der Waals surface area contributed by atoms with Crippen LogP contribution in [-0.2, 0) is 9.53 Å². The number of hydrogen-bond acceptors (Lipinski definition) is 6. The van der Waals surface area contributed by atoms with Crippen molar-refractivity contribution >= 4 is 29.2 Å². The molecule has 3 rings (SSSR count). The number of ether oxygens (including phenoxy) is 1. The second kappa shape index (κ2) is 10.7. The summed E-state index contributed by atoms with van der Waals surface area (Å²) in [4.78, 5) is 21.8. The molecule has 184 valence electrons.